The van der Waals surface area contributed by atoms with Crippen LogP contribution in [-0.4, -0.2) is 28.6 Å². The lowest BCUT2D eigenvalue weighted by molar-refractivity contribution is -0.145. The summed E-state index contributed by atoms with van der Waals surface area (Å²) in [5.41, 5.74) is 1.21. The van der Waals surface area contributed by atoms with Crippen LogP contribution in [0.25, 0.3) is 0 Å². The Kier molecular flexibility index (Phi) is 8.00. The van der Waals surface area contributed by atoms with Gasteiger partial charge in [-0.3, -0.25) is 9.59 Å². The molecule has 2 N–H and O–H groups in total. The molecular weight excluding hydrogens is 358 g/mol. The number of hydrogen-bond donors (Lipinski definition) is 2. The predicted octanol–water partition coefficient (Wildman–Crippen LogP) is 2.91. The Morgan fingerprint density at radius 1 is 1.20 bits per heavy atom. The smallest absolute Gasteiger partial charge is 0.306 e. The van der Waals surface area contributed by atoms with Crippen molar-refractivity contribution in [1.29, 1.82) is 0 Å². The van der Waals surface area contributed by atoms with E-state index in [4.69, 9.17) is 17.0 Å². The summed E-state index contributed by atoms with van der Waals surface area (Å²) in [7, 11) is 0. The number of rotatable bonds is 8. The summed E-state index contributed by atoms with van der Waals surface area (Å²) in [6, 6.07) is 10.00. The van der Waals surface area contributed by atoms with Gasteiger partial charge in [-0.2, -0.15) is 0 Å². The number of ether oxygens (including phenoxy) is 1. The third-order valence-corrected chi connectivity index (χ3v) is 4.07. The zero-order valence-electron chi connectivity index (χ0n) is 13.6. The number of nitrogens with zero attached hydrogens (tertiary/aromatic N) is 1. The van der Waals surface area contributed by atoms with Crippen LogP contribution in [0.4, 0.5) is 5.13 Å². The van der Waals surface area contributed by atoms with Crippen LogP contribution in [0.5, 0.6) is 0 Å². The molecule has 0 aliphatic heterocycles. The van der Waals surface area contributed by atoms with Crippen LogP contribution in [0, 0.1) is 0 Å². The molecule has 0 radical (unpaired) electrons. The van der Waals surface area contributed by atoms with Gasteiger partial charge in [-0.15, -0.1) is 11.3 Å². The Morgan fingerprint density at radius 3 is 2.72 bits per heavy atom. The van der Waals surface area contributed by atoms with Gasteiger partial charge in [-0.05, 0) is 30.6 Å². The first kappa shape index (κ1) is 19.0. The first-order chi connectivity index (χ1) is 12.1. The van der Waals surface area contributed by atoms with E-state index in [1.54, 1.807) is 11.6 Å². The first-order valence-corrected chi connectivity index (χ1v) is 9.12. The van der Waals surface area contributed by atoms with Gasteiger partial charge in [-0.1, -0.05) is 30.3 Å². The minimum absolute atomic E-state index is 0.0248. The molecule has 1 aromatic heterocycles. The monoisotopic (exact) mass is 377 g/mol. The molecule has 0 atom stereocenters. The summed E-state index contributed by atoms with van der Waals surface area (Å²) in [6.07, 6.45) is 3.29. The average Bonchev–Trinajstić information content (AvgIpc) is 3.10. The summed E-state index contributed by atoms with van der Waals surface area (Å²) in [6.45, 7) is 0.347. The number of carbonyl (C=O) groups is 2. The maximum Gasteiger partial charge on any atom is 0.306 e. The Balaban J connectivity index is 1.54. The number of anilines is 1. The Hall–Kier alpha value is -2.32. The van der Waals surface area contributed by atoms with Crippen molar-refractivity contribution in [3.05, 3.63) is 47.5 Å². The molecule has 1 amide bonds. The van der Waals surface area contributed by atoms with Crippen LogP contribution in [0.3, 0.4) is 0 Å². The van der Waals surface area contributed by atoms with Crippen molar-refractivity contribution < 1.29 is 14.3 Å². The minimum Gasteiger partial charge on any atom is -0.466 e. The first-order valence-electron chi connectivity index (χ1n) is 7.83. The van der Waals surface area contributed by atoms with Crippen molar-refractivity contribution >= 4 is 45.7 Å². The van der Waals surface area contributed by atoms with Gasteiger partial charge in [0.05, 0.1) is 13.0 Å². The fourth-order valence-electron chi connectivity index (χ4n) is 2.00. The number of hydrogen-bond acceptors (Lipinski definition) is 6. The second-order valence-electron chi connectivity index (χ2n) is 5.15. The van der Waals surface area contributed by atoms with E-state index < -0.39 is 0 Å². The molecule has 0 aliphatic rings. The number of benzene rings is 1. The Labute approximate surface area is 155 Å². The molecule has 0 fully saturated rings. The zero-order valence-corrected chi connectivity index (χ0v) is 15.2. The van der Waals surface area contributed by atoms with Crippen molar-refractivity contribution in [3.63, 3.8) is 0 Å². The van der Waals surface area contributed by atoms with Gasteiger partial charge >= 0.3 is 5.97 Å². The topological polar surface area (TPSA) is 80.3 Å². The molecule has 1 heterocycles. The summed E-state index contributed by atoms with van der Waals surface area (Å²) in [5, 5.41) is 7.85. The lowest BCUT2D eigenvalue weighted by atomic mass is 10.1. The van der Waals surface area contributed by atoms with Gasteiger partial charge in [0.15, 0.2) is 10.2 Å². The standard InChI is InChI=1S/C17H19N3O3S2/c21-14(19-16(24)20-17-18-10-12-25-17)8-9-15(22)23-11-4-7-13-5-2-1-3-6-13/h1-3,5-6,10,12H,4,7-9,11H2,(H2,18,19,20,21,24). The number of aromatic nitrogens is 1. The fourth-order valence-corrected chi connectivity index (χ4v) is 2.81. The van der Waals surface area contributed by atoms with Crippen molar-refractivity contribution in [3.8, 4) is 0 Å². The molecule has 0 saturated heterocycles. The number of thiocarbonyl (C=S) groups is 1. The molecule has 2 rings (SSSR count). The van der Waals surface area contributed by atoms with Gasteiger partial charge in [0, 0.05) is 18.0 Å². The average molecular weight is 377 g/mol. The van der Waals surface area contributed by atoms with E-state index in [1.807, 2.05) is 30.3 Å². The van der Waals surface area contributed by atoms with E-state index in [2.05, 4.69) is 15.6 Å². The molecule has 2 aromatic rings. The highest BCUT2D eigenvalue weighted by molar-refractivity contribution is 7.80. The molecule has 0 bridgehead atoms. The second-order valence-corrected chi connectivity index (χ2v) is 6.45. The summed E-state index contributed by atoms with van der Waals surface area (Å²) in [4.78, 5) is 27.4. The summed E-state index contributed by atoms with van der Waals surface area (Å²) < 4.78 is 5.13. The fraction of sp³-hybridized carbons (Fsp3) is 0.294. The highest BCUT2D eigenvalue weighted by Gasteiger charge is 2.10. The third-order valence-electron chi connectivity index (χ3n) is 3.18. The maximum absolute atomic E-state index is 11.7. The van der Waals surface area contributed by atoms with Gasteiger partial charge in [0.1, 0.15) is 0 Å². The number of nitrogens with one attached hydrogen (secondary N) is 2. The molecule has 0 aliphatic carbocycles. The van der Waals surface area contributed by atoms with Crippen LogP contribution in [0.2, 0.25) is 0 Å². The largest absolute Gasteiger partial charge is 0.466 e. The SMILES string of the molecule is O=C(CCC(=O)OCCCc1ccccc1)NC(=S)Nc1nccs1. The van der Waals surface area contributed by atoms with Gasteiger partial charge in [0.2, 0.25) is 5.91 Å². The molecule has 6 nitrogen and oxygen atoms in total. The van der Waals surface area contributed by atoms with E-state index in [1.165, 1.54) is 16.9 Å². The maximum atomic E-state index is 11.7. The van der Waals surface area contributed by atoms with E-state index in [9.17, 15) is 9.59 Å². The van der Waals surface area contributed by atoms with Gasteiger partial charge in [-0.25, -0.2) is 4.98 Å². The molecule has 0 unspecified atom stereocenters. The van der Waals surface area contributed by atoms with Gasteiger partial charge in [0.25, 0.3) is 0 Å². The zero-order chi connectivity index (χ0) is 17.9. The van der Waals surface area contributed by atoms with E-state index in [-0.39, 0.29) is 29.8 Å². The van der Waals surface area contributed by atoms with E-state index in [0.717, 1.165) is 12.8 Å². The molecular formula is C17H19N3O3S2. The number of amides is 1. The highest BCUT2D eigenvalue weighted by Crippen LogP contribution is 2.09. The summed E-state index contributed by atoms with van der Waals surface area (Å²) in [5.74, 6) is -0.725. The normalized spacial score (nSPS) is 10.1. The van der Waals surface area contributed by atoms with Crippen LogP contribution < -0.4 is 10.6 Å². The lowest BCUT2D eigenvalue weighted by Crippen LogP contribution is -2.34. The lowest BCUT2D eigenvalue weighted by Gasteiger charge is -2.07. The number of aryl methyl sites for hydroxylation is 1. The van der Waals surface area contributed by atoms with Crippen LogP contribution in [0.1, 0.15) is 24.8 Å². The van der Waals surface area contributed by atoms with Crippen LogP contribution in [-0.2, 0) is 20.7 Å². The Morgan fingerprint density at radius 2 is 2.00 bits per heavy atom. The van der Waals surface area contributed by atoms with E-state index in [0.29, 0.717) is 11.7 Å². The van der Waals surface area contributed by atoms with Crippen LogP contribution >= 0.6 is 23.6 Å². The molecule has 8 heteroatoms. The van der Waals surface area contributed by atoms with Crippen molar-refractivity contribution in [2.75, 3.05) is 11.9 Å². The predicted molar refractivity (Wildman–Crippen MR) is 101 cm³/mol. The number of carbonyl (C=O) groups excluding carboxylic acids is 2. The van der Waals surface area contributed by atoms with Gasteiger partial charge < -0.3 is 15.4 Å². The van der Waals surface area contributed by atoms with Crippen molar-refractivity contribution in [2.24, 2.45) is 0 Å². The quantitative estimate of drug-likeness (QED) is 0.418. The second kappa shape index (κ2) is 10.5. The van der Waals surface area contributed by atoms with Crippen LogP contribution in [0.15, 0.2) is 41.9 Å². The molecule has 0 saturated carbocycles. The minimum atomic E-state index is -0.387. The molecule has 1 aromatic carbocycles. The molecule has 25 heavy (non-hydrogen) atoms. The van der Waals surface area contributed by atoms with Crippen molar-refractivity contribution in [2.45, 2.75) is 25.7 Å². The summed E-state index contributed by atoms with van der Waals surface area (Å²) >= 11 is 6.37. The third kappa shape index (κ3) is 7.86. The highest BCUT2D eigenvalue weighted by atomic mass is 32.1. The Bertz CT molecular complexity index is 690. The van der Waals surface area contributed by atoms with Crippen molar-refractivity contribution in [1.82, 2.24) is 10.3 Å². The number of esters is 1. The number of thiazole rings is 1. The molecule has 132 valence electrons. The van der Waals surface area contributed by atoms with E-state index >= 15 is 0 Å². The molecule has 0 spiro atoms.